The fourth-order valence-electron chi connectivity index (χ4n) is 8.46. The van der Waals surface area contributed by atoms with Crippen molar-refractivity contribution in [3.05, 3.63) is 71.3 Å². The van der Waals surface area contributed by atoms with Crippen molar-refractivity contribution in [3.8, 4) is 0 Å². The third-order valence-electron chi connectivity index (χ3n) is 13.9. The number of carbonyl (C=O) groups is 9. The van der Waals surface area contributed by atoms with Gasteiger partial charge in [0.2, 0.25) is 29.5 Å². The number of hydrazone groups is 1. The number of carbonyl (C=O) groups excluding carboxylic acids is 9. The van der Waals surface area contributed by atoms with Crippen molar-refractivity contribution in [2.75, 3.05) is 79.9 Å². The molecule has 0 aromatic heterocycles. The number of hydroxylamine groups is 2. The molecule has 0 spiro atoms. The molecule has 0 saturated heterocycles. The SMILES string of the molecule is CCC(C)(NCC(=O)C(C)(CC)NC(COC(=O)NCCC(=O)NCCNC(=O)COCC(=O)NCCC[C@@]1(c2ccccc2)SC(c2cc(F)ccc2F)=NN1C(=O)N(C)OC)C(=O)NC(C)(C)COC(C)(C)C)C(=O)CCNC(=O)CC(C)(C)C. The summed E-state index contributed by atoms with van der Waals surface area (Å²) in [6.07, 6.45) is 0.252. The number of benzene rings is 2. The van der Waals surface area contributed by atoms with E-state index in [1.165, 1.54) is 14.2 Å². The summed E-state index contributed by atoms with van der Waals surface area (Å²) in [7, 11) is 2.68. The molecule has 27 heteroatoms. The highest BCUT2D eigenvalue weighted by atomic mass is 32.2. The molecule has 1 heterocycles. The molecule has 0 saturated carbocycles. The number of Topliss-reactive ketones (excluding diaryl/α,β-unsaturated/α-hetero) is 2. The highest BCUT2D eigenvalue weighted by Gasteiger charge is 2.50. The largest absolute Gasteiger partial charge is 0.447 e. The number of hydrogen-bond donors (Lipinski definition) is 8. The Morgan fingerprint density at radius 2 is 1.32 bits per heavy atom. The summed E-state index contributed by atoms with van der Waals surface area (Å²) < 4.78 is 46.1. The maximum atomic E-state index is 15.0. The van der Waals surface area contributed by atoms with Crippen LogP contribution >= 0.6 is 11.8 Å². The van der Waals surface area contributed by atoms with Gasteiger partial charge in [0.1, 0.15) is 47.4 Å². The van der Waals surface area contributed by atoms with Crippen molar-refractivity contribution >= 4 is 70.0 Å². The lowest BCUT2D eigenvalue weighted by molar-refractivity contribution is -0.132. The Labute approximate surface area is 514 Å². The van der Waals surface area contributed by atoms with Gasteiger partial charge in [0, 0.05) is 64.6 Å². The number of rotatable bonds is 36. The van der Waals surface area contributed by atoms with E-state index in [1.807, 2.05) is 48.5 Å². The molecule has 1 aliphatic rings. The average Bonchev–Trinajstić information content (AvgIpc) is 1.64. The van der Waals surface area contributed by atoms with Gasteiger partial charge in [-0.25, -0.2) is 23.4 Å². The third-order valence-corrected chi connectivity index (χ3v) is 15.4. The first-order valence-corrected chi connectivity index (χ1v) is 29.9. The summed E-state index contributed by atoms with van der Waals surface area (Å²) in [6.45, 7) is 20.4. The topological polar surface area (TPSA) is 306 Å². The van der Waals surface area contributed by atoms with Crippen LogP contribution < -0.4 is 42.5 Å². The van der Waals surface area contributed by atoms with Gasteiger partial charge in [-0.15, -0.1) is 0 Å². The Hall–Kier alpha value is -6.65. The molecule has 1 aliphatic heterocycles. The Balaban J connectivity index is 1.47. The second kappa shape index (κ2) is 34.2. The Kier molecular flexibility index (Phi) is 29.3. The molecule has 2 aromatic carbocycles. The van der Waals surface area contributed by atoms with E-state index >= 15 is 4.39 Å². The van der Waals surface area contributed by atoms with Crippen LogP contribution in [0.5, 0.6) is 0 Å². The Morgan fingerprint density at radius 1 is 0.724 bits per heavy atom. The van der Waals surface area contributed by atoms with E-state index in [1.54, 1.807) is 65.0 Å². The molecule has 3 unspecified atom stereocenters. The van der Waals surface area contributed by atoms with E-state index in [0.29, 0.717) is 18.4 Å². The second-order valence-electron chi connectivity index (χ2n) is 24.4. The van der Waals surface area contributed by atoms with Gasteiger partial charge in [-0.3, -0.25) is 49.0 Å². The van der Waals surface area contributed by atoms with Crippen LogP contribution in [0.3, 0.4) is 0 Å². The molecule has 8 N–H and O–H groups in total. The van der Waals surface area contributed by atoms with E-state index < -0.39 is 100 Å². The first-order chi connectivity index (χ1) is 40.6. The van der Waals surface area contributed by atoms with Gasteiger partial charge in [0.15, 0.2) is 11.6 Å². The number of ketones is 2. The van der Waals surface area contributed by atoms with E-state index in [0.717, 1.165) is 40.0 Å². The van der Waals surface area contributed by atoms with Crippen molar-refractivity contribution in [2.45, 2.75) is 161 Å². The van der Waals surface area contributed by atoms with Crippen LogP contribution in [0.25, 0.3) is 0 Å². The zero-order valence-corrected chi connectivity index (χ0v) is 53.8. The van der Waals surface area contributed by atoms with Crippen molar-refractivity contribution < 1.29 is 71.0 Å². The minimum atomic E-state index is -1.35. The lowest BCUT2D eigenvalue weighted by Gasteiger charge is -2.37. The van der Waals surface area contributed by atoms with Crippen LogP contribution in [-0.4, -0.2) is 176 Å². The Morgan fingerprint density at radius 3 is 1.92 bits per heavy atom. The molecule has 486 valence electrons. The molecule has 3 rings (SSSR count). The van der Waals surface area contributed by atoms with E-state index in [9.17, 15) is 47.5 Å². The van der Waals surface area contributed by atoms with E-state index in [-0.39, 0.29) is 111 Å². The minimum Gasteiger partial charge on any atom is -0.447 e. The fourth-order valence-corrected chi connectivity index (χ4v) is 9.87. The van der Waals surface area contributed by atoms with Crippen molar-refractivity contribution in [1.29, 1.82) is 0 Å². The lowest BCUT2D eigenvalue weighted by Crippen LogP contribution is -2.64. The molecule has 0 bridgehead atoms. The summed E-state index contributed by atoms with van der Waals surface area (Å²) in [6, 6.07) is 9.87. The second-order valence-corrected chi connectivity index (χ2v) is 25.6. The predicted octanol–water partition coefficient (Wildman–Crippen LogP) is 5.08. The van der Waals surface area contributed by atoms with Gasteiger partial charge in [-0.2, -0.15) is 10.1 Å². The number of amides is 8. The smallest absolute Gasteiger partial charge is 0.407 e. The molecule has 0 fully saturated rings. The maximum Gasteiger partial charge on any atom is 0.407 e. The summed E-state index contributed by atoms with van der Waals surface area (Å²) in [5, 5.41) is 29.0. The van der Waals surface area contributed by atoms with Gasteiger partial charge in [-0.05, 0) is 103 Å². The molecule has 0 aliphatic carbocycles. The van der Waals surface area contributed by atoms with Crippen LogP contribution in [0, 0.1) is 17.0 Å². The predicted molar refractivity (Wildman–Crippen MR) is 326 cm³/mol. The fraction of sp³-hybridized carbons (Fsp3) is 0.633. The minimum absolute atomic E-state index is 0.00748. The molecule has 0 radical (unpaired) electrons. The lowest BCUT2D eigenvalue weighted by atomic mass is 9.88. The van der Waals surface area contributed by atoms with Crippen LogP contribution in [0.2, 0.25) is 0 Å². The quantitative estimate of drug-likeness (QED) is 0.0326. The van der Waals surface area contributed by atoms with Crippen molar-refractivity contribution in [3.63, 3.8) is 0 Å². The van der Waals surface area contributed by atoms with Crippen LogP contribution in [0.4, 0.5) is 18.4 Å². The summed E-state index contributed by atoms with van der Waals surface area (Å²) in [4.78, 5) is 122. The van der Waals surface area contributed by atoms with Crippen LogP contribution in [0.1, 0.15) is 139 Å². The summed E-state index contributed by atoms with van der Waals surface area (Å²) >= 11 is 1.06. The molecule has 8 amide bonds. The number of thioether (sulfide) groups is 1. The van der Waals surface area contributed by atoms with Crippen molar-refractivity contribution in [1.82, 2.24) is 52.6 Å². The highest BCUT2D eigenvalue weighted by molar-refractivity contribution is 8.15. The standard InChI is InChI=1S/C60H93F2N11O13S/c1-15-58(11,45(74)25-29-64-48(77)34-55(3,4)5)68-35-46(75)59(12,16-2)69-44(51(80)70-57(9,10)39-86-56(6,7)8)36-85-53(81)67-30-26-47(76)65-31-32-66-50(79)38-84-37-49(78)63-28-20-27-60(40-21-18-17-19-22-40)73(54(82)72(13)83-14)71-52(87-60)42-33-41(61)23-24-43(42)62/h17-19,21-24,33,44,68-69H,15-16,20,25-32,34-39H2,1-14H3,(H,63,78)(H,64,77)(H,65,76)(H,66,79)(H,67,81)(H,70,80)/t44?,58?,59?,60-/m0/s1. The van der Waals surface area contributed by atoms with E-state index in [4.69, 9.17) is 19.0 Å². The van der Waals surface area contributed by atoms with Crippen molar-refractivity contribution in [2.24, 2.45) is 10.5 Å². The normalized spacial score (nSPS) is 16.0. The van der Waals surface area contributed by atoms with Gasteiger partial charge in [0.25, 0.3) is 0 Å². The van der Waals surface area contributed by atoms with Gasteiger partial charge < -0.3 is 46.1 Å². The number of alkyl carbamates (subject to hydrolysis) is 1. The molecular formula is C60H93F2N11O13S. The highest BCUT2D eigenvalue weighted by Crippen LogP contribution is 2.51. The summed E-state index contributed by atoms with van der Waals surface area (Å²) in [5.74, 6) is -4.31. The number of ether oxygens (including phenoxy) is 3. The molecule has 87 heavy (non-hydrogen) atoms. The monoisotopic (exact) mass is 1250 g/mol. The average molecular weight is 1250 g/mol. The zero-order valence-electron chi connectivity index (χ0n) is 53.0. The first kappa shape index (κ1) is 74.6. The zero-order chi connectivity index (χ0) is 65.4. The number of nitrogens with zero attached hydrogens (tertiary/aromatic N) is 3. The number of urea groups is 1. The first-order valence-electron chi connectivity index (χ1n) is 29.1. The number of halogens is 2. The number of nitrogens with one attached hydrogen (secondary N) is 8. The number of hydrogen-bond acceptors (Lipinski definition) is 17. The molecule has 2 aromatic rings. The van der Waals surface area contributed by atoms with Crippen LogP contribution in [-0.2, 0) is 57.5 Å². The summed E-state index contributed by atoms with van der Waals surface area (Å²) in [5.41, 5.74) is -3.59. The van der Waals surface area contributed by atoms with Gasteiger partial charge >= 0.3 is 12.1 Å². The Bertz CT molecular complexity index is 2710. The van der Waals surface area contributed by atoms with E-state index in [2.05, 4.69) is 47.6 Å². The molecular weight excluding hydrogens is 1150 g/mol. The third kappa shape index (κ3) is 25.2. The molecule has 4 atom stereocenters. The maximum absolute atomic E-state index is 15.0. The van der Waals surface area contributed by atoms with Gasteiger partial charge in [0.05, 0.1) is 42.5 Å². The molecule has 24 nitrogen and oxygen atoms in total. The van der Waals surface area contributed by atoms with Gasteiger partial charge in [-0.1, -0.05) is 76.7 Å². The van der Waals surface area contributed by atoms with Crippen LogP contribution in [0.15, 0.2) is 53.6 Å².